The van der Waals surface area contributed by atoms with Crippen LogP contribution < -0.4 is 5.32 Å². The van der Waals surface area contributed by atoms with Gasteiger partial charge in [0.15, 0.2) is 0 Å². The highest BCUT2D eigenvalue weighted by Gasteiger charge is 2.64. The summed E-state index contributed by atoms with van der Waals surface area (Å²) in [6, 6.07) is 3.59. The van der Waals surface area contributed by atoms with Crippen molar-refractivity contribution in [3.8, 4) is 0 Å². The maximum absolute atomic E-state index is 14.7. The summed E-state index contributed by atoms with van der Waals surface area (Å²) in [5.74, 6) is -2.61. The maximum atomic E-state index is 14.7. The Bertz CT molecular complexity index is 1350. The van der Waals surface area contributed by atoms with Gasteiger partial charge in [-0.1, -0.05) is 22.8 Å². The second-order valence-electron chi connectivity index (χ2n) is 9.44. The smallest absolute Gasteiger partial charge is 0.374 e. The molecule has 1 atom stereocenters. The van der Waals surface area contributed by atoms with E-state index < -0.39 is 76.1 Å². The Hall–Kier alpha value is -3.03. The van der Waals surface area contributed by atoms with E-state index in [9.17, 15) is 48.7 Å². The summed E-state index contributed by atoms with van der Waals surface area (Å²) in [6.07, 6.45) is -16.6. The van der Waals surface area contributed by atoms with Crippen molar-refractivity contribution in [1.82, 2.24) is 5.32 Å². The van der Waals surface area contributed by atoms with Gasteiger partial charge in [-0.05, 0) is 55.2 Å². The van der Waals surface area contributed by atoms with Gasteiger partial charge in [0.25, 0.3) is 11.5 Å². The highest BCUT2D eigenvalue weighted by molar-refractivity contribution is 6.30. The van der Waals surface area contributed by atoms with E-state index in [0.717, 1.165) is 12.1 Å². The molecule has 39 heavy (non-hydrogen) atoms. The Balaban J connectivity index is 1.61. The Labute approximate surface area is 218 Å². The summed E-state index contributed by atoms with van der Waals surface area (Å²) in [6.45, 7) is 0.727. The van der Waals surface area contributed by atoms with Gasteiger partial charge in [-0.25, -0.2) is 4.39 Å². The summed E-state index contributed by atoms with van der Waals surface area (Å²) in [7, 11) is 0. The molecular formula is C24H17ClF10N2O2. The molecule has 1 heterocycles. The van der Waals surface area contributed by atoms with Crippen molar-refractivity contribution in [1.29, 1.82) is 0 Å². The number of hydrogen-bond donors (Lipinski definition) is 1. The average Bonchev–Trinajstić information content (AvgIpc) is 3.48. The standard InChI is InChI=1S/C24H17ClF10N2O2/c1-11-6-12(2-3-14(11)19(38)36-10-20(4-5-20)23(30,31)32)17-9-21(39-37-17,24(33,34)35)15-7-13(22(27,28)29)8-16(25)18(15)26/h2-3,6-8H,4-5,9-10H2,1H3,(H,36,38)/t21-/m1/s1. The second-order valence-corrected chi connectivity index (χ2v) is 9.85. The van der Waals surface area contributed by atoms with E-state index in [-0.39, 0.29) is 41.7 Å². The van der Waals surface area contributed by atoms with Crippen molar-refractivity contribution in [2.75, 3.05) is 6.54 Å². The van der Waals surface area contributed by atoms with E-state index in [4.69, 9.17) is 11.6 Å². The zero-order valence-corrected chi connectivity index (χ0v) is 20.4. The summed E-state index contributed by atoms with van der Waals surface area (Å²) < 4.78 is 136. The molecule has 1 amide bonds. The summed E-state index contributed by atoms with van der Waals surface area (Å²) in [5.41, 5.74) is -9.15. The molecule has 0 spiro atoms. The van der Waals surface area contributed by atoms with Crippen LogP contribution in [0.1, 0.15) is 51.9 Å². The molecule has 0 aromatic heterocycles. The number of aryl methyl sites for hydroxylation is 1. The zero-order chi connectivity index (χ0) is 29.2. The van der Waals surface area contributed by atoms with Crippen molar-refractivity contribution >= 4 is 23.2 Å². The van der Waals surface area contributed by atoms with Crippen molar-refractivity contribution in [2.24, 2.45) is 10.6 Å². The number of rotatable bonds is 5. The minimum Gasteiger partial charge on any atom is -0.374 e. The summed E-state index contributed by atoms with van der Waals surface area (Å²) in [4.78, 5) is 17.1. The number of benzene rings is 2. The third-order valence-electron chi connectivity index (χ3n) is 6.82. The Morgan fingerprint density at radius 1 is 1.03 bits per heavy atom. The van der Waals surface area contributed by atoms with Gasteiger partial charge in [0.1, 0.15) is 5.82 Å². The second kappa shape index (κ2) is 9.27. The van der Waals surface area contributed by atoms with Crippen LogP contribution in [-0.2, 0) is 16.6 Å². The number of hydrogen-bond acceptors (Lipinski definition) is 3. The largest absolute Gasteiger partial charge is 0.435 e. The molecule has 1 aliphatic carbocycles. The fourth-order valence-corrected chi connectivity index (χ4v) is 4.46. The number of amides is 1. The first-order valence-electron chi connectivity index (χ1n) is 11.2. The first-order valence-corrected chi connectivity index (χ1v) is 11.5. The van der Waals surface area contributed by atoms with E-state index in [1.165, 1.54) is 13.0 Å². The molecule has 1 saturated carbocycles. The van der Waals surface area contributed by atoms with E-state index in [2.05, 4.69) is 15.3 Å². The molecule has 2 aromatic rings. The van der Waals surface area contributed by atoms with Gasteiger partial charge in [0.2, 0.25) is 0 Å². The minimum absolute atomic E-state index is 0.0392. The third kappa shape index (κ3) is 5.14. The van der Waals surface area contributed by atoms with Crippen LogP contribution in [0.5, 0.6) is 0 Å². The minimum atomic E-state index is -5.45. The average molecular weight is 591 g/mol. The van der Waals surface area contributed by atoms with Crippen LogP contribution in [0.15, 0.2) is 35.5 Å². The molecule has 15 heteroatoms. The summed E-state index contributed by atoms with van der Waals surface area (Å²) >= 11 is 5.48. The van der Waals surface area contributed by atoms with Gasteiger partial charge in [-0.15, -0.1) is 0 Å². The predicted molar refractivity (Wildman–Crippen MR) is 118 cm³/mol. The van der Waals surface area contributed by atoms with Crippen LogP contribution in [0.2, 0.25) is 5.02 Å². The van der Waals surface area contributed by atoms with Crippen LogP contribution in [-0.4, -0.2) is 30.5 Å². The van der Waals surface area contributed by atoms with Gasteiger partial charge in [0, 0.05) is 17.7 Å². The number of halogens is 11. The fraction of sp³-hybridized carbons (Fsp3) is 0.417. The van der Waals surface area contributed by atoms with Crippen molar-refractivity contribution in [3.05, 3.63) is 69.0 Å². The number of carbonyl (C=O) groups is 1. The molecule has 1 fully saturated rings. The number of nitrogens with zero attached hydrogens (tertiary/aromatic N) is 1. The van der Waals surface area contributed by atoms with Crippen molar-refractivity contribution < 1.29 is 53.5 Å². The molecule has 0 bridgehead atoms. The lowest BCUT2D eigenvalue weighted by atomic mass is 9.85. The molecule has 4 rings (SSSR count). The molecule has 1 N–H and O–H groups in total. The lowest BCUT2D eigenvalue weighted by Crippen LogP contribution is -2.43. The molecule has 2 aliphatic rings. The lowest BCUT2D eigenvalue weighted by molar-refractivity contribution is -0.276. The molecule has 1 aliphatic heterocycles. The monoisotopic (exact) mass is 590 g/mol. The van der Waals surface area contributed by atoms with E-state index >= 15 is 0 Å². The van der Waals surface area contributed by atoms with Crippen LogP contribution in [0.3, 0.4) is 0 Å². The summed E-state index contributed by atoms with van der Waals surface area (Å²) in [5, 5.41) is 4.37. The van der Waals surface area contributed by atoms with Crippen LogP contribution in [0.4, 0.5) is 43.9 Å². The molecule has 0 saturated heterocycles. The number of nitrogens with one attached hydrogen (secondary N) is 1. The Morgan fingerprint density at radius 3 is 2.18 bits per heavy atom. The predicted octanol–water partition coefficient (Wildman–Crippen LogP) is 7.46. The quantitative estimate of drug-likeness (QED) is 0.368. The van der Waals surface area contributed by atoms with E-state index in [1.54, 1.807) is 0 Å². The highest BCUT2D eigenvalue weighted by atomic mass is 35.5. The Morgan fingerprint density at radius 2 is 1.67 bits per heavy atom. The number of oxime groups is 1. The highest BCUT2D eigenvalue weighted by Crippen LogP contribution is 2.57. The first kappa shape index (κ1) is 29.0. The van der Waals surface area contributed by atoms with Crippen LogP contribution in [0, 0.1) is 18.2 Å². The van der Waals surface area contributed by atoms with E-state index in [0.29, 0.717) is 0 Å². The van der Waals surface area contributed by atoms with E-state index in [1.807, 2.05) is 0 Å². The molecule has 2 aromatic carbocycles. The zero-order valence-electron chi connectivity index (χ0n) is 19.6. The molecule has 4 nitrogen and oxygen atoms in total. The molecule has 0 unspecified atom stereocenters. The van der Waals surface area contributed by atoms with Gasteiger partial charge < -0.3 is 10.2 Å². The normalized spacial score (nSPS) is 20.9. The molecular weight excluding hydrogens is 574 g/mol. The van der Waals surface area contributed by atoms with Gasteiger partial charge >= 0.3 is 18.5 Å². The fourth-order valence-electron chi connectivity index (χ4n) is 4.24. The van der Waals surface area contributed by atoms with Gasteiger partial charge in [-0.2, -0.15) is 39.5 Å². The van der Waals surface area contributed by atoms with Gasteiger partial charge in [0.05, 0.1) is 28.1 Å². The topological polar surface area (TPSA) is 50.7 Å². The molecule has 212 valence electrons. The van der Waals surface area contributed by atoms with Crippen molar-refractivity contribution in [3.63, 3.8) is 0 Å². The number of alkyl halides is 9. The van der Waals surface area contributed by atoms with Crippen molar-refractivity contribution in [2.45, 2.75) is 50.3 Å². The maximum Gasteiger partial charge on any atom is 0.435 e. The Kier molecular flexibility index (Phi) is 6.89. The number of carbonyl (C=O) groups excluding carboxylic acids is 1. The van der Waals surface area contributed by atoms with Crippen LogP contribution in [0.25, 0.3) is 0 Å². The lowest BCUT2D eigenvalue weighted by Gasteiger charge is -2.30. The van der Waals surface area contributed by atoms with Gasteiger partial charge in [-0.3, -0.25) is 4.79 Å². The first-order chi connectivity index (χ1) is 17.8. The SMILES string of the molecule is Cc1cc(C2=NO[C@](c3cc(C(F)(F)F)cc(Cl)c3F)(C(F)(F)F)C2)ccc1C(=O)NCC1(C(F)(F)F)CC1. The molecule has 0 radical (unpaired) electrons. The van der Waals surface area contributed by atoms with Crippen LogP contribution >= 0.6 is 11.6 Å². The third-order valence-corrected chi connectivity index (χ3v) is 7.10.